The first-order chi connectivity index (χ1) is 7.70. The highest BCUT2D eigenvalue weighted by Crippen LogP contribution is 2.46. The van der Waals surface area contributed by atoms with Gasteiger partial charge in [0.15, 0.2) is 0 Å². The van der Waals surface area contributed by atoms with E-state index >= 15 is 0 Å². The molecule has 1 aliphatic carbocycles. The maximum Gasteiger partial charge on any atom is 0.123 e. The molecule has 16 heavy (non-hydrogen) atoms. The van der Waals surface area contributed by atoms with E-state index in [4.69, 9.17) is 16.3 Å². The molecular weight excluding hydrogens is 227 g/mol. The van der Waals surface area contributed by atoms with Gasteiger partial charge in [-0.1, -0.05) is 6.07 Å². The quantitative estimate of drug-likeness (QED) is 0.632. The van der Waals surface area contributed by atoms with Gasteiger partial charge < -0.3 is 4.74 Å². The summed E-state index contributed by atoms with van der Waals surface area (Å²) in [5.41, 5.74) is 2.01. The summed E-state index contributed by atoms with van der Waals surface area (Å²) in [6.07, 6.45) is 3.61. The monoisotopic (exact) mass is 240 g/mol. The molecule has 86 valence electrons. The van der Waals surface area contributed by atoms with Crippen LogP contribution >= 0.6 is 11.6 Å². The van der Waals surface area contributed by atoms with Gasteiger partial charge in [-0.2, -0.15) is 0 Å². The van der Waals surface area contributed by atoms with E-state index in [0.29, 0.717) is 6.61 Å². The number of benzene rings is 1. The van der Waals surface area contributed by atoms with Crippen molar-refractivity contribution in [3.8, 4) is 0 Å². The lowest BCUT2D eigenvalue weighted by Gasteiger charge is -2.37. The molecule has 1 aromatic rings. The molecule has 3 heteroatoms. The summed E-state index contributed by atoms with van der Waals surface area (Å²) in [6, 6.07) is 5.02. The Morgan fingerprint density at radius 2 is 2.31 bits per heavy atom. The number of rotatable bonds is 0. The first-order valence-corrected chi connectivity index (χ1v) is 6.20. The van der Waals surface area contributed by atoms with E-state index in [0.717, 1.165) is 36.8 Å². The lowest BCUT2D eigenvalue weighted by Crippen LogP contribution is -2.35. The van der Waals surface area contributed by atoms with Gasteiger partial charge in [-0.3, -0.25) is 0 Å². The Labute approximate surface area is 99.6 Å². The molecule has 0 bridgehead atoms. The van der Waals surface area contributed by atoms with Crippen LogP contribution in [0.1, 0.15) is 30.4 Å². The van der Waals surface area contributed by atoms with Crippen LogP contribution in [0.5, 0.6) is 0 Å². The summed E-state index contributed by atoms with van der Waals surface area (Å²) in [5, 5.41) is 0.185. The van der Waals surface area contributed by atoms with Crippen molar-refractivity contribution >= 4 is 11.6 Å². The lowest BCUT2D eigenvalue weighted by atomic mass is 9.88. The highest BCUT2D eigenvalue weighted by atomic mass is 35.5. The summed E-state index contributed by atoms with van der Waals surface area (Å²) >= 11 is 6.23. The molecule has 1 fully saturated rings. The SMILES string of the molecule is Fc1ccc2c(c1)CCC21CC(Cl)CCO1. The van der Waals surface area contributed by atoms with E-state index in [1.165, 1.54) is 6.07 Å². The van der Waals surface area contributed by atoms with Crippen molar-refractivity contribution in [1.29, 1.82) is 0 Å². The smallest absolute Gasteiger partial charge is 0.123 e. The van der Waals surface area contributed by atoms with Crippen molar-refractivity contribution in [1.82, 2.24) is 0 Å². The molecule has 0 saturated carbocycles. The van der Waals surface area contributed by atoms with Crippen LogP contribution in [-0.4, -0.2) is 12.0 Å². The van der Waals surface area contributed by atoms with Crippen LogP contribution in [0.2, 0.25) is 0 Å². The van der Waals surface area contributed by atoms with Crippen LogP contribution in [0.15, 0.2) is 18.2 Å². The predicted molar refractivity (Wildman–Crippen MR) is 61.2 cm³/mol. The first kappa shape index (κ1) is 10.5. The fraction of sp³-hybridized carbons (Fsp3) is 0.538. The highest BCUT2D eigenvalue weighted by molar-refractivity contribution is 6.20. The molecule has 1 nitrogen and oxygen atoms in total. The van der Waals surface area contributed by atoms with Crippen LogP contribution in [0.3, 0.4) is 0 Å². The lowest BCUT2D eigenvalue weighted by molar-refractivity contribution is -0.0806. The minimum atomic E-state index is -0.228. The van der Waals surface area contributed by atoms with Gasteiger partial charge in [0.1, 0.15) is 5.82 Å². The summed E-state index contributed by atoms with van der Waals surface area (Å²) in [6.45, 7) is 0.713. The Hall–Kier alpha value is -0.600. The van der Waals surface area contributed by atoms with E-state index in [1.54, 1.807) is 6.07 Å². The Morgan fingerprint density at radius 3 is 3.12 bits per heavy atom. The van der Waals surface area contributed by atoms with Gasteiger partial charge in [0.2, 0.25) is 0 Å². The van der Waals surface area contributed by atoms with Crippen LogP contribution in [0, 0.1) is 5.82 Å². The molecule has 0 aromatic heterocycles. The van der Waals surface area contributed by atoms with Crippen molar-refractivity contribution in [3.05, 3.63) is 35.1 Å². The molecule has 0 amide bonds. The number of aryl methyl sites for hydroxylation is 1. The highest BCUT2D eigenvalue weighted by Gasteiger charge is 2.43. The van der Waals surface area contributed by atoms with Gasteiger partial charge in [0.25, 0.3) is 0 Å². The predicted octanol–water partition coefficient (Wildman–Crippen LogP) is 3.39. The van der Waals surface area contributed by atoms with Crippen molar-refractivity contribution in [2.24, 2.45) is 0 Å². The number of alkyl halides is 1. The van der Waals surface area contributed by atoms with E-state index in [-0.39, 0.29) is 16.8 Å². The second-order valence-electron chi connectivity index (χ2n) is 4.73. The average Bonchev–Trinajstić information content (AvgIpc) is 2.57. The molecule has 2 atom stereocenters. The minimum Gasteiger partial charge on any atom is -0.370 e. The summed E-state index contributed by atoms with van der Waals surface area (Å²) in [7, 11) is 0. The molecule has 3 rings (SSSR count). The van der Waals surface area contributed by atoms with Crippen LogP contribution in [0.4, 0.5) is 4.39 Å². The molecule has 0 N–H and O–H groups in total. The summed E-state index contributed by atoms with van der Waals surface area (Å²) in [4.78, 5) is 0. The zero-order chi connectivity index (χ0) is 11.2. The normalized spacial score (nSPS) is 33.0. The number of ether oxygens (including phenoxy) is 1. The molecule has 1 saturated heterocycles. The maximum atomic E-state index is 13.1. The number of hydrogen-bond donors (Lipinski definition) is 0. The van der Waals surface area contributed by atoms with Gasteiger partial charge in [-0.25, -0.2) is 4.39 Å². The van der Waals surface area contributed by atoms with Crippen molar-refractivity contribution in [2.75, 3.05) is 6.61 Å². The van der Waals surface area contributed by atoms with Gasteiger partial charge in [-0.05, 0) is 48.9 Å². The minimum absolute atomic E-state index is 0.158. The zero-order valence-electron chi connectivity index (χ0n) is 9.01. The van der Waals surface area contributed by atoms with E-state index in [1.807, 2.05) is 6.07 Å². The van der Waals surface area contributed by atoms with Crippen LogP contribution in [-0.2, 0) is 16.8 Å². The summed E-state index contributed by atoms with van der Waals surface area (Å²) in [5.74, 6) is -0.158. The molecule has 1 spiro atoms. The zero-order valence-corrected chi connectivity index (χ0v) is 9.77. The third-order valence-corrected chi connectivity index (χ3v) is 4.09. The standard InChI is InChI=1S/C13H14ClFO/c14-10-4-6-16-13(8-10)5-3-9-7-11(15)1-2-12(9)13/h1-2,7,10H,3-6,8H2. The van der Waals surface area contributed by atoms with E-state index in [2.05, 4.69) is 0 Å². The van der Waals surface area contributed by atoms with Crippen molar-refractivity contribution < 1.29 is 9.13 Å². The van der Waals surface area contributed by atoms with Crippen LogP contribution < -0.4 is 0 Å². The third-order valence-electron chi connectivity index (χ3n) is 3.72. The number of hydrogen-bond acceptors (Lipinski definition) is 1. The first-order valence-electron chi connectivity index (χ1n) is 5.77. The third kappa shape index (κ3) is 1.56. The number of halogens is 2. The Balaban J connectivity index is 2.01. The van der Waals surface area contributed by atoms with Gasteiger partial charge >= 0.3 is 0 Å². The van der Waals surface area contributed by atoms with Crippen LogP contribution in [0.25, 0.3) is 0 Å². The molecule has 1 aromatic carbocycles. The molecule has 1 heterocycles. The molecular formula is C13H14ClFO. The Morgan fingerprint density at radius 1 is 1.44 bits per heavy atom. The number of fused-ring (bicyclic) bond motifs is 2. The average molecular weight is 241 g/mol. The second-order valence-corrected chi connectivity index (χ2v) is 5.35. The van der Waals surface area contributed by atoms with E-state index < -0.39 is 0 Å². The summed E-state index contributed by atoms with van der Waals surface area (Å²) < 4.78 is 19.1. The Kier molecular flexibility index (Phi) is 2.45. The fourth-order valence-electron chi connectivity index (χ4n) is 2.95. The molecule has 0 radical (unpaired) electrons. The van der Waals surface area contributed by atoms with E-state index in [9.17, 15) is 4.39 Å². The molecule has 1 aliphatic heterocycles. The largest absolute Gasteiger partial charge is 0.370 e. The second kappa shape index (κ2) is 3.71. The van der Waals surface area contributed by atoms with Crippen molar-refractivity contribution in [3.63, 3.8) is 0 Å². The Bertz CT molecular complexity index is 420. The van der Waals surface area contributed by atoms with Gasteiger partial charge in [0, 0.05) is 12.0 Å². The topological polar surface area (TPSA) is 9.23 Å². The molecule has 2 aliphatic rings. The maximum absolute atomic E-state index is 13.1. The van der Waals surface area contributed by atoms with Gasteiger partial charge in [-0.15, -0.1) is 11.6 Å². The van der Waals surface area contributed by atoms with Gasteiger partial charge in [0.05, 0.1) is 5.60 Å². The van der Waals surface area contributed by atoms with Crippen molar-refractivity contribution in [2.45, 2.75) is 36.7 Å². The fourth-order valence-corrected chi connectivity index (χ4v) is 3.29. The molecule has 2 unspecified atom stereocenters.